The van der Waals surface area contributed by atoms with Crippen molar-refractivity contribution in [1.82, 2.24) is 0 Å². The van der Waals surface area contributed by atoms with Gasteiger partial charge >= 0.3 is 0 Å². The Labute approximate surface area is 138 Å². The predicted octanol–water partition coefficient (Wildman–Crippen LogP) is 6.01. The van der Waals surface area contributed by atoms with E-state index in [0.29, 0.717) is 0 Å². The molecule has 0 spiro atoms. The van der Waals surface area contributed by atoms with E-state index in [1.807, 2.05) is 12.1 Å². The fraction of sp³-hybridized carbons (Fsp3) is 0.200. The average molecular weight is 449 g/mol. The quantitative estimate of drug-likeness (QED) is 0.522. The first kappa shape index (κ1) is 15.1. The molecule has 0 bridgehead atoms. The molecule has 0 saturated heterocycles. The lowest BCUT2D eigenvalue weighted by atomic mass is 10.0. The van der Waals surface area contributed by atoms with Crippen molar-refractivity contribution >= 4 is 47.8 Å². The Bertz CT molecular complexity index is 576. The highest BCUT2D eigenvalue weighted by molar-refractivity contribution is 9.11. The SMILES string of the molecule is COc1ccc(C(Br)c2cc(Br)cc(Br)c2)cc1C. The molecule has 0 amide bonds. The minimum Gasteiger partial charge on any atom is -0.496 e. The lowest BCUT2D eigenvalue weighted by Crippen LogP contribution is -1.95. The number of ether oxygens (including phenoxy) is 1. The van der Waals surface area contributed by atoms with Crippen molar-refractivity contribution < 1.29 is 4.74 Å². The van der Waals surface area contributed by atoms with E-state index in [9.17, 15) is 0 Å². The van der Waals surface area contributed by atoms with Gasteiger partial charge in [0.05, 0.1) is 11.9 Å². The molecule has 1 nitrogen and oxygen atoms in total. The summed E-state index contributed by atoms with van der Waals surface area (Å²) in [5, 5.41) is 0. The number of methoxy groups -OCH3 is 1. The van der Waals surface area contributed by atoms with Gasteiger partial charge in [-0.25, -0.2) is 0 Å². The molecular weight excluding hydrogens is 436 g/mol. The summed E-state index contributed by atoms with van der Waals surface area (Å²) in [6.45, 7) is 2.05. The molecule has 0 aliphatic rings. The van der Waals surface area contributed by atoms with Gasteiger partial charge in [0, 0.05) is 8.95 Å². The van der Waals surface area contributed by atoms with Crippen molar-refractivity contribution in [3.8, 4) is 5.75 Å². The van der Waals surface area contributed by atoms with Gasteiger partial charge in [0.1, 0.15) is 5.75 Å². The van der Waals surface area contributed by atoms with Crippen molar-refractivity contribution in [2.45, 2.75) is 11.8 Å². The maximum atomic E-state index is 5.29. The fourth-order valence-electron chi connectivity index (χ4n) is 1.97. The zero-order valence-electron chi connectivity index (χ0n) is 10.6. The van der Waals surface area contributed by atoms with Crippen LogP contribution in [0.2, 0.25) is 0 Å². The third-order valence-corrected chi connectivity index (χ3v) is 4.86. The predicted molar refractivity (Wildman–Crippen MR) is 90.3 cm³/mol. The van der Waals surface area contributed by atoms with Gasteiger partial charge < -0.3 is 4.74 Å². The molecular formula is C15H13Br3O. The van der Waals surface area contributed by atoms with Crippen LogP contribution in [0.5, 0.6) is 5.75 Å². The molecule has 2 rings (SSSR count). The van der Waals surface area contributed by atoms with E-state index >= 15 is 0 Å². The highest BCUT2D eigenvalue weighted by atomic mass is 79.9. The number of benzene rings is 2. The van der Waals surface area contributed by atoms with Crippen LogP contribution in [0.3, 0.4) is 0 Å². The van der Waals surface area contributed by atoms with Crippen molar-refractivity contribution in [3.63, 3.8) is 0 Å². The first-order valence-corrected chi connectivity index (χ1v) is 8.26. The molecule has 4 heteroatoms. The number of alkyl halides is 1. The van der Waals surface area contributed by atoms with E-state index < -0.39 is 0 Å². The summed E-state index contributed by atoms with van der Waals surface area (Å²) in [6.07, 6.45) is 0. The summed E-state index contributed by atoms with van der Waals surface area (Å²) in [6, 6.07) is 12.5. The summed E-state index contributed by atoms with van der Waals surface area (Å²) in [7, 11) is 1.69. The van der Waals surface area contributed by atoms with Gasteiger partial charge in [0.25, 0.3) is 0 Å². The summed E-state index contributed by atoms with van der Waals surface area (Å²) in [4.78, 5) is 0.158. The van der Waals surface area contributed by atoms with Gasteiger partial charge in [0.15, 0.2) is 0 Å². The summed E-state index contributed by atoms with van der Waals surface area (Å²) in [5.41, 5.74) is 3.55. The van der Waals surface area contributed by atoms with Crippen LogP contribution in [-0.4, -0.2) is 7.11 Å². The van der Waals surface area contributed by atoms with E-state index in [0.717, 1.165) is 20.3 Å². The fourth-order valence-corrected chi connectivity index (χ4v) is 3.85. The minimum atomic E-state index is 0.158. The van der Waals surface area contributed by atoms with Crippen molar-refractivity contribution in [3.05, 3.63) is 62.0 Å². The Morgan fingerprint density at radius 2 is 1.58 bits per heavy atom. The van der Waals surface area contributed by atoms with E-state index in [4.69, 9.17) is 4.74 Å². The molecule has 0 aliphatic heterocycles. The summed E-state index contributed by atoms with van der Waals surface area (Å²) >= 11 is 10.8. The Morgan fingerprint density at radius 3 is 2.11 bits per heavy atom. The van der Waals surface area contributed by atoms with Gasteiger partial charge in [-0.2, -0.15) is 0 Å². The molecule has 0 fully saturated rings. The average Bonchev–Trinajstić information content (AvgIpc) is 2.36. The van der Waals surface area contributed by atoms with Crippen LogP contribution >= 0.6 is 47.8 Å². The van der Waals surface area contributed by atoms with E-state index in [2.05, 4.69) is 79.0 Å². The number of halogens is 3. The first-order valence-electron chi connectivity index (χ1n) is 5.76. The molecule has 0 N–H and O–H groups in total. The van der Waals surface area contributed by atoms with Crippen LogP contribution in [0.4, 0.5) is 0 Å². The second-order valence-electron chi connectivity index (χ2n) is 4.29. The maximum Gasteiger partial charge on any atom is 0.121 e. The van der Waals surface area contributed by atoms with Crippen molar-refractivity contribution in [1.29, 1.82) is 0 Å². The van der Waals surface area contributed by atoms with Gasteiger partial charge in [0.2, 0.25) is 0 Å². The van der Waals surface area contributed by atoms with Crippen molar-refractivity contribution in [2.75, 3.05) is 7.11 Å². The highest BCUT2D eigenvalue weighted by Gasteiger charge is 2.13. The first-order chi connectivity index (χ1) is 9.01. The molecule has 0 saturated carbocycles. The Hall–Kier alpha value is -0.320. The monoisotopic (exact) mass is 446 g/mol. The molecule has 2 aromatic carbocycles. The standard InChI is InChI=1S/C15H13Br3O/c1-9-5-10(3-4-14(9)19-2)15(18)11-6-12(16)8-13(17)7-11/h3-8,15H,1-2H3. The zero-order valence-corrected chi connectivity index (χ0v) is 15.3. The van der Waals surface area contributed by atoms with Crippen LogP contribution in [0.25, 0.3) is 0 Å². The molecule has 100 valence electrons. The van der Waals surface area contributed by atoms with E-state index in [-0.39, 0.29) is 4.83 Å². The summed E-state index contributed by atoms with van der Waals surface area (Å²) < 4.78 is 7.42. The lowest BCUT2D eigenvalue weighted by molar-refractivity contribution is 0.411. The maximum absolute atomic E-state index is 5.29. The largest absolute Gasteiger partial charge is 0.496 e. The smallest absolute Gasteiger partial charge is 0.121 e. The third-order valence-electron chi connectivity index (χ3n) is 2.89. The molecule has 19 heavy (non-hydrogen) atoms. The second-order valence-corrected chi connectivity index (χ2v) is 7.04. The van der Waals surface area contributed by atoms with Gasteiger partial charge in [-0.15, -0.1) is 0 Å². The minimum absolute atomic E-state index is 0.158. The number of rotatable bonds is 3. The number of hydrogen-bond donors (Lipinski definition) is 0. The molecule has 0 radical (unpaired) electrons. The van der Waals surface area contributed by atoms with Crippen LogP contribution < -0.4 is 4.74 Å². The molecule has 0 aromatic heterocycles. The molecule has 0 aliphatic carbocycles. The lowest BCUT2D eigenvalue weighted by Gasteiger charge is -2.14. The van der Waals surface area contributed by atoms with Gasteiger partial charge in [-0.05, 0) is 47.9 Å². The Kier molecular flexibility index (Phi) is 5.09. The normalized spacial score (nSPS) is 12.3. The van der Waals surface area contributed by atoms with E-state index in [1.165, 1.54) is 11.1 Å². The molecule has 1 atom stereocenters. The van der Waals surface area contributed by atoms with E-state index in [1.54, 1.807) is 7.11 Å². The van der Waals surface area contributed by atoms with Crippen molar-refractivity contribution in [2.24, 2.45) is 0 Å². The topological polar surface area (TPSA) is 9.23 Å². The molecule has 0 heterocycles. The van der Waals surface area contributed by atoms with Crippen LogP contribution in [0.1, 0.15) is 21.5 Å². The second kappa shape index (κ2) is 6.42. The zero-order chi connectivity index (χ0) is 14.0. The highest BCUT2D eigenvalue weighted by Crippen LogP contribution is 2.35. The Balaban J connectivity index is 2.38. The number of hydrogen-bond acceptors (Lipinski definition) is 1. The number of aryl methyl sites for hydroxylation is 1. The Morgan fingerprint density at radius 1 is 0.947 bits per heavy atom. The van der Waals surface area contributed by atoms with Crippen LogP contribution in [0.15, 0.2) is 45.3 Å². The van der Waals surface area contributed by atoms with Crippen LogP contribution in [-0.2, 0) is 0 Å². The third kappa shape index (κ3) is 3.61. The summed E-state index contributed by atoms with van der Waals surface area (Å²) in [5.74, 6) is 0.916. The van der Waals surface area contributed by atoms with Crippen LogP contribution in [0, 0.1) is 6.92 Å². The molecule has 2 aromatic rings. The molecule has 1 unspecified atom stereocenters. The van der Waals surface area contributed by atoms with Gasteiger partial charge in [-0.3, -0.25) is 0 Å². The van der Waals surface area contributed by atoms with Gasteiger partial charge in [-0.1, -0.05) is 59.9 Å².